The van der Waals surface area contributed by atoms with Crippen LogP contribution >= 0.6 is 0 Å². The smallest absolute Gasteiger partial charge is 0.185 e. The summed E-state index contributed by atoms with van der Waals surface area (Å²) in [5.41, 5.74) is 3.23. The molecule has 0 aromatic carbocycles. The first-order valence-corrected chi connectivity index (χ1v) is 4.94. The second-order valence-corrected chi connectivity index (χ2v) is 4.66. The molecule has 14 heavy (non-hydrogen) atoms. The summed E-state index contributed by atoms with van der Waals surface area (Å²) < 4.78 is 5.79. The lowest BCUT2D eigenvalue weighted by Gasteiger charge is -2.18. The standard InChI is InChI=1S/C10H17N3O/c1-7-5-10(2,3)8(14-7)9-11-6-13(4)12-9/h6-7,12H,5H2,1-4H3. The normalized spacial score (nSPS) is 34.6. The van der Waals surface area contributed by atoms with Crippen LogP contribution in [0.3, 0.4) is 0 Å². The molecular formula is C10H17N3O. The molecule has 1 unspecified atom stereocenters. The first-order valence-electron chi connectivity index (χ1n) is 4.94. The molecule has 1 saturated heterocycles. The van der Waals surface area contributed by atoms with Crippen LogP contribution in [0.15, 0.2) is 16.6 Å². The number of hydrazine groups is 1. The van der Waals surface area contributed by atoms with Gasteiger partial charge in [-0.2, -0.15) is 0 Å². The summed E-state index contributed by atoms with van der Waals surface area (Å²) >= 11 is 0. The van der Waals surface area contributed by atoms with E-state index in [-0.39, 0.29) is 11.5 Å². The molecule has 0 aromatic heterocycles. The van der Waals surface area contributed by atoms with Gasteiger partial charge in [-0.25, -0.2) is 4.99 Å². The van der Waals surface area contributed by atoms with Gasteiger partial charge in [0.2, 0.25) is 0 Å². The zero-order chi connectivity index (χ0) is 10.3. The van der Waals surface area contributed by atoms with Crippen molar-refractivity contribution in [2.45, 2.75) is 33.3 Å². The minimum absolute atomic E-state index is 0.0876. The van der Waals surface area contributed by atoms with Crippen LogP contribution in [0.5, 0.6) is 0 Å². The minimum atomic E-state index is 0.0876. The third-order valence-corrected chi connectivity index (χ3v) is 2.59. The van der Waals surface area contributed by atoms with E-state index in [9.17, 15) is 0 Å². The lowest BCUT2D eigenvalue weighted by atomic mass is 9.88. The fourth-order valence-corrected chi connectivity index (χ4v) is 2.07. The van der Waals surface area contributed by atoms with Crippen molar-refractivity contribution in [2.24, 2.45) is 10.4 Å². The van der Waals surface area contributed by atoms with Crippen molar-refractivity contribution in [3.05, 3.63) is 11.6 Å². The van der Waals surface area contributed by atoms with Crippen LogP contribution in [0.2, 0.25) is 0 Å². The summed E-state index contributed by atoms with van der Waals surface area (Å²) in [7, 11) is 1.92. The van der Waals surface area contributed by atoms with Gasteiger partial charge in [-0.15, -0.1) is 0 Å². The molecule has 4 nitrogen and oxygen atoms in total. The van der Waals surface area contributed by atoms with Crippen molar-refractivity contribution < 1.29 is 4.74 Å². The zero-order valence-corrected chi connectivity index (χ0v) is 9.16. The molecule has 1 atom stereocenters. The average Bonchev–Trinajstić information content (AvgIpc) is 2.55. The maximum Gasteiger partial charge on any atom is 0.185 e. The predicted molar refractivity (Wildman–Crippen MR) is 55.4 cm³/mol. The van der Waals surface area contributed by atoms with E-state index in [4.69, 9.17) is 4.74 Å². The number of ether oxygens (including phenoxy) is 1. The molecule has 0 aliphatic carbocycles. The maximum absolute atomic E-state index is 5.79. The van der Waals surface area contributed by atoms with Crippen LogP contribution in [0.4, 0.5) is 0 Å². The van der Waals surface area contributed by atoms with Crippen molar-refractivity contribution in [1.29, 1.82) is 0 Å². The van der Waals surface area contributed by atoms with E-state index in [2.05, 4.69) is 31.2 Å². The lowest BCUT2D eigenvalue weighted by molar-refractivity contribution is 0.168. The summed E-state index contributed by atoms with van der Waals surface area (Å²) in [6.45, 7) is 6.47. The van der Waals surface area contributed by atoms with E-state index >= 15 is 0 Å². The van der Waals surface area contributed by atoms with Crippen LogP contribution in [0.1, 0.15) is 27.2 Å². The first-order chi connectivity index (χ1) is 6.49. The number of allylic oxidation sites excluding steroid dienone is 1. The number of hydrogen-bond acceptors (Lipinski definition) is 4. The fourth-order valence-electron chi connectivity index (χ4n) is 2.07. The second-order valence-electron chi connectivity index (χ2n) is 4.66. The molecule has 0 radical (unpaired) electrons. The minimum Gasteiger partial charge on any atom is -0.491 e. The summed E-state index contributed by atoms with van der Waals surface area (Å²) in [5.74, 6) is 1.83. The third kappa shape index (κ3) is 1.45. The number of nitrogens with one attached hydrogen (secondary N) is 1. The maximum atomic E-state index is 5.79. The van der Waals surface area contributed by atoms with Crippen LogP contribution in [0.25, 0.3) is 0 Å². The van der Waals surface area contributed by atoms with Crippen LogP contribution in [0, 0.1) is 5.41 Å². The molecular weight excluding hydrogens is 178 g/mol. The van der Waals surface area contributed by atoms with E-state index in [1.165, 1.54) is 0 Å². The number of nitrogens with zero attached hydrogens (tertiary/aromatic N) is 2. The molecule has 78 valence electrons. The van der Waals surface area contributed by atoms with Gasteiger partial charge in [0.1, 0.15) is 12.1 Å². The van der Waals surface area contributed by atoms with Gasteiger partial charge >= 0.3 is 0 Å². The largest absolute Gasteiger partial charge is 0.491 e. The topological polar surface area (TPSA) is 36.9 Å². The molecule has 2 aliphatic heterocycles. The molecule has 2 rings (SSSR count). The molecule has 2 aliphatic rings. The molecule has 0 bridgehead atoms. The highest BCUT2D eigenvalue weighted by atomic mass is 16.5. The Bertz CT molecular complexity index is 306. The highest BCUT2D eigenvalue weighted by Gasteiger charge is 2.39. The molecule has 2 heterocycles. The summed E-state index contributed by atoms with van der Waals surface area (Å²) in [4.78, 5) is 4.27. The quantitative estimate of drug-likeness (QED) is 0.636. The van der Waals surface area contributed by atoms with E-state index in [0.717, 1.165) is 18.0 Å². The van der Waals surface area contributed by atoms with Crippen molar-refractivity contribution in [2.75, 3.05) is 7.05 Å². The number of rotatable bonds is 0. The number of hydrogen-bond donors (Lipinski definition) is 1. The van der Waals surface area contributed by atoms with Gasteiger partial charge in [0.05, 0.1) is 6.10 Å². The molecule has 4 heteroatoms. The summed E-state index contributed by atoms with van der Waals surface area (Å²) in [6.07, 6.45) is 3.09. The van der Waals surface area contributed by atoms with Crippen molar-refractivity contribution in [3.63, 3.8) is 0 Å². The van der Waals surface area contributed by atoms with Crippen molar-refractivity contribution >= 4 is 6.34 Å². The second kappa shape index (κ2) is 2.90. The van der Waals surface area contributed by atoms with E-state index < -0.39 is 0 Å². The van der Waals surface area contributed by atoms with Gasteiger partial charge in [0.25, 0.3) is 0 Å². The van der Waals surface area contributed by atoms with Gasteiger partial charge in [-0.05, 0) is 13.3 Å². The molecule has 0 aromatic rings. The Hall–Kier alpha value is -1.19. The summed E-state index contributed by atoms with van der Waals surface area (Å²) in [6, 6.07) is 0. The lowest BCUT2D eigenvalue weighted by Crippen LogP contribution is -2.27. The average molecular weight is 195 g/mol. The van der Waals surface area contributed by atoms with E-state index in [1.807, 2.05) is 12.1 Å². The highest BCUT2D eigenvalue weighted by molar-refractivity contribution is 5.59. The predicted octanol–water partition coefficient (Wildman–Crippen LogP) is 1.47. The Morgan fingerprint density at radius 2 is 2.36 bits per heavy atom. The Kier molecular flexibility index (Phi) is 1.94. The third-order valence-electron chi connectivity index (χ3n) is 2.59. The number of aliphatic imine (C=N–C) groups is 1. The Morgan fingerprint density at radius 1 is 1.64 bits per heavy atom. The molecule has 0 spiro atoms. The SMILES string of the molecule is CC1CC(C)(C)C(=C2N=CN(C)N2)O1. The Labute approximate surface area is 84.6 Å². The van der Waals surface area contributed by atoms with Crippen molar-refractivity contribution in [3.8, 4) is 0 Å². The Morgan fingerprint density at radius 3 is 2.79 bits per heavy atom. The zero-order valence-electron chi connectivity index (χ0n) is 9.16. The molecule has 1 fully saturated rings. The monoisotopic (exact) mass is 195 g/mol. The molecule has 0 saturated carbocycles. The van der Waals surface area contributed by atoms with Crippen molar-refractivity contribution in [1.82, 2.24) is 10.4 Å². The van der Waals surface area contributed by atoms with Crippen LogP contribution < -0.4 is 5.43 Å². The van der Waals surface area contributed by atoms with Gasteiger partial charge in [-0.3, -0.25) is 10.4 Å². The molecule has 0 amide bonds. The summed E-state index contributed by atoms with van der Waals surface area (Å²) in [5, 5.41) is 1.82. The van der Waals surface area contributed by atoms with Gasteiger partial charge in [0, 0.05) is 12.5 Å². The van der Waals surface area contributed by atoms with Crippen LogP contribution in [-0.4, -0.2) is 24.5 Å². The van der Waals surface area contributed by atoms with E-state index in [0.29, 0.717) is 0 Å². The Balaban J connectivity index is 2.30. The highest BCUT2D eigenvalue weighted by Crippen LogP contribution is 2.42. The fraction of sp³-hybridized carbons (Fsp3) is 0.700. The first kappa shape index (κ1) is 9.37. The van der Waals surface area contributed by atoms with Gasteiger partial charge in [0.15, 0.2) is 5.82 Å². The van der Waals surface area contributed by atoms with Crippen LogP contribution in [-0.2, 0) is 4.74 Å². The van der Waals surface area contributed by atoms with Gasteiger partial charge in [-0.1, -0.05) is 13.8 Å². The molecule has 1 N–H and O–H groups in total. The van der Waals surface area contributed by atoms with Gasteiger partial charge < -0.3 is 4.74 Å². The van der Waals surface area contributed by atoms with E-state index in [1.54, 1.807) is 6.34 Å².